The van der Waals surface area contributed by atoms with Crippen molar-refractivity contribution in [2.24, 2.45) is 0 Å². The molecule has 3 nitrogen and oxygen atoms in total. The first-order valence-corrected chi connectivity index (χ1v) is 4.30. The highest BCUT2D eigenvalue weighted by Gasteiger charge is 2.21. The van der Waals surface area contributed by atoms with E-state index in [1.807, 2.05) is 0 Å². The lowest BCUT2D eigenvalue weighted by molar-refractivity contribution is 0.0976. The fraction of sp³-hybridized carbons (Fsp3) is 0.300. The van der Waals surface area contributed by atoms with Crippen molar-refractivity contribution in [2.45, 2.75) is 19.3 Å². The van der Waals surface area contributed by atoms with Gasteiger partial charge in [-0.15, -0.1) is 0 Å². The van der Waals surface area contributed by atoms with Gasteiger partial charge in [0.1, 0.15) is 5.69 Å². The first-order chi connectivity index (χ1) is 6.29. The highest BCUT2D eigenvalue weighted by atomic mass is 16.1. The lowest BCUT2D eigenvalue weighted by Gasteiger charge is -1.99. The van der Waals surface area contributed by atoms with Crippen molar-refractivity contribution in [3.05, 3.63) is 29.6 Å². The van der Waals surface area contributed by atoms with E-state index in [0.717, 1.165) is 0 Å². The van der Waals surface area contributed by atoms with Crippen LogP contribution in [0, 0.1) is 0 Å². The van der Waals surface area contributed by atoms with Crippen molar-refractivity contribution in [1.29, 1.82) is 0 Å². The van der Waals surface area contributed by atoms with Crippen LogP contribution in [0.3, 0.4) is 0 Å². The average molecular weight is 175 g/mol. The van der Waals surface area contributed by atoms with Gasteiger partial charge in [0.2, 0.25) is 0 Å². The maximum Gasteiger partial charge on any atom is 0.181 e. The van der Waals surface area contributed by atoms with Crippen LogP contribution in [0.15, 0.2) is 18.3 Å². The summed E-state index contributed by atoms with van der Waals surface area (Å²) >= 11 is 0. The van der Waals surface area contributed by atoms with Gasteiger partial charge < -0.3 is 0 Å². The summed E-state index contributed by atoms with van der Waals surface area (Å²) in [5.74, 6) is 0.0235. The predicted molar refractivity (Wildman–Crippen MR) is 46.7 cm³/mol. The summed E-state index contributed by atoms with van der Waals surface area (Å²) in [5.41, 5.74) is 0.843. The Bertz CT molecular complexity index is 336. The van der Waals surface area contributed by atoms with E-state index in [-0.39, 0.29) is 11.6 Å². The molecule has 1 aliphatic rings. The maximum absolute atomic E-state index is 11.5. The molecule has 0 unspecified atom stereocenters. The number of carbonyl (C=O) groups excluding carboxylic acids is 2. The van der Waals surface area contributed by atoms with Crippen LogP contribution in [0.2, 0.25) is 0 Å². The number of carbonyl (C=O) groups is 2. The molecule has 2 rings (SSSR count). The van der Waals surface area contributed by atoms with E-state index in [4.69, 9.17) is 0 Å². The molecule has 0 saturated carbocycles. The second-order valence-electron chi connectivity index (χ2n) is 3.10. The number of nitrogens with zero attached hydrogens (tertiary/aromatic N) is 1. The molecular formula is C10H9NO2. The Hall–Kier alpha value is -1.51. The highest BCUT2D eigenvalue weighted by molar-refractivity contribution is 6.09. The van der Waals surface area contributed by atoms with Gasteiger partial charge in [0.05, 0.1) is 0 Å². The summed E-state index contributed by atoms with van der Waals surface area (Å²) in [6.07, 6.45) is 3.10. The standard InChI is InChI=1S/C10H9NO2/c12-8-4-1-5-9(13)10-7(8)3-2-6-11-10/h2-3,6H,1,4-5H2. The number of ketones is 2. The van der Waals surface area contributed by atoms with Crippen molar-refractivity contribution < 1.29 is 9.59 Å². The normalized spacial score (nSPS) is 16.6. The number of rotatable bonds is 0. The Morgan fingerprint density at radius 2 is 1.92 bits per heavy atom. The lowest BCUT2D eigenvalue weighted by atomic mass is 10.1. The van der Waals surface area contributed by atoms with E-state index < -0.39 is 0 Å². The third-order valence-electron chi connectivity index (χ3n) is 2.18. The average Bonchev–Trinajstić information content (AvgIpc) is 2.29. The van der Waals surface area contributed by atoms with Gasteiger partial charge in [0, 0.05) is 24.6 Å². The number of pyridine rings is 1. The molecule has 0 amide bonds. The SMILES string of the molecule is O=C1CCCC(=O)c2ncccc21. The van der Waals surface area contributed by atoms with E-state index in [1.165, 1.54) is 0 Å². The van der Waals surface area contributed by atoms with Crippen LogP contribution >= 0.6 is 0 Å². The molecule has 0 fully saturated rings. The molecule has 0 radical (unpaired) electrons. The zero-order valence-electron chi connectivity index (χ0n) is 7.12. The number of fused-ring (bicyclic) bond motifs is 1. The van der Waals surface area contributed by atoms with E-state index in [9.17, 15) is 9.59 Å². The van der Waals surface area contributed by atoms with Crippen LogP contribution < -0.4 is 0 Å². The molecule has 1 aromatic rings. The molecule has 0 spiro atoms. The Labute approximate surface area is 75.8 Å². The van der Waals surface area contributed by atoms with Gasteiger partial charge in [-0.3, -0.25) is 14.6 Å². The largest absolute Gasteiger partial charge is 0.294 e. The molecule has 1 aliphatic carbocycles. The zero-order valence-corrected chi connectivity index (χ0v) is 7.12. The van der Waals surface area contributed by atoms with Crippen LogP contribution in [-0.2, 0) is 0 Å². The Morgan fingerprint density at radius 1 is 1.15 bits per heavy atom. The van der Waals surface area contributed by atoms with Crippen LogP contribution in [-0.4, -0.2) is 16.6 Å². The summed E-state index contributed by atoms with van der Waals surface area (Å²) in [5, 5.41) is 0. The van der Waals surface area contributed by atoms with Crippen molar-refractivity contribution in [3.63, 3.8) is 0 Å². The van der Waals surface area contributed by atoms with Crippen molar-refractivity contribution in [1.82, 2.24) is 4.98 Å². The minimum absolute atomic E-state index is 0.0125. The van der Waals surface area contributed by atoms with E-state index in [1.54, 1.807) is 18.3 Å². The van der Waals surface area contributed by atoms with Crippen LogP contribution in [0.5, 0.6) is 0 Å². The zero-order chi connectivity index (χ0) is 9.26. The van der Waals surface area contributed by atoms with Crippen molar-refractivity contribution >= 4 is 11.6 Å². The quantitative estimate of drug-likeness (QED) is 0.563. The number of aromatic nitrogens is 1. The molecule has 0 aromatic carbocycles. The topological polar surface area (TPSA) is 47.0 Å². The van der Waals surface area contributed by atoms with Gasteiger partial charge in [-0.05, 0) is 18.6 Å². The molecule has 1 aromatic heterocycles. The Morgan fingerprint density at radius 3 is 2.77 bits per heavy atom. The highest BCUT2D eigenvalue weighted by Crippen LogP contribution is 2.17. The molecule has 13 heavy (non-hydrogen) atoms. The van der Waals surface area contributed by atoms with Gasteiger partial charge in [-0.1, -0.05) is 0 Å². The predicted octanol–water partition coefficient (Wildman–Crippen LogP) is 1.63. The third-order valence-corrected chi connectivity index (χ3v) is 2.18. The first-order valence-electron chi connectivity index (χ1n) is 4.30. The second kappa shape index (κ2) is 3.09. The fourth-order valence-corrected chi connectivity index (χ4v) is 1.52. The molecular weight excluding hydrogens is 166 g/mol. The number of Topliss-reactive ketones (excluding diaryl/α,β-unsaturated/α-hetero) is 2. The van der Waals surface area contributed by atoms with E-state index in [2.05, 4.69) is 4.98 Å². The Balaban J connectivity index is 2.57. The summed E-state index contributed by atoms with van der Waals surface area (Å²) in [6.45, 7) is 0. The monoisotopic (exact) mass is 175 g/mol. The van der Waals surface area contributed by atoms with Gasteiger partial charge >= 0.3 is 0 Å². The number of hydrogen-bond acceptors (Lipinski definition) is 3. The van der Waals surface area contributed by atoms with Gasteiger partial charge in [-0.2, -0.15) is 0 Å². The first kappa shape index (κ1) is 8.10. The smallest absolute Gasteiger partial charge is 0.181 e. The molecule has 0 atom stereocenters. The van der Waals surface area contributed by atoms with Crippen LogP contribution in [0.4, 0.5) is 0 Å². The molecule has 1 heterocycles. The minimum atomic E-state index is -0.0125. The summed E-state index contributed by atoms with van der Waals surface area (Å²) < 4.78 is 0. The van der Waals surface area contributed by atoms with Crippen molar-refractivity contribution in [3.8, 4) is 0 Å². The fourth-order valence-electron chi connectivity index (χ4n) is 1.52. The summed E-state index contributed by atoms with van der Waals surface area (Å²) in [7, 11) is 0. The summed E-state index contributed by atoms with van der Waals surface area (Å²) in [6, 6.07) is 3.36. The van der Waals surface area contributed by atoms with Gasteiger partial charge in [-0.25, -0.2) is 0 Å². The number of hydrogen-bond donors (Lipinski definition) is 0. The van der Waals surface area contributed by atoms with E-state index in [0.29, 0.717) is 30.5 Å². The van der Waals surface area contributed by atoms with E-state index >= 15 is 0 Å². The third kappa shape index (κ3) is 1.37. The minimum Gasteiger partial charge on any atom is -0.294 e. The lowest BCUT2D eigenvalue weighted by Crippen LogP contribution is -2.05. The molecule has 0 bridgehead atoms. The molecule has 0 saturated heterocycles. The summed E-state index contributed by atoms with van der Waals surface area (Å²) in [4.78, 5) is 26.8. The molecule has 0 N–H and O–H groups in total. The maximum atomic E-state index is 11.5. The van der Waals surface area contributed by atoms with Gasteiger partial charge in [0.15, 0.2) is 11.6 Å². The molecule has 3 heteroatoms. The van der Waals surface area contributed by atoms with Crippen LogP contribution in [0.1, 0.15) is 40.1 Å². The van der Waals surface area contributed by atoms with Gasteiger partial charge in [0.25, 0.3) is 0 Å². The van der Waals surface area contributed by atoms with Crippen molar-refractivity contribution in [2.75, 3.05) is 0 Å². The Kier molecular flexibility index (Phi) is 1.93. The molecule has 0 aliphatic heterocycles. The van der Waals surface area contributed by atoms with Crippen LogP contribution in [0.25, 0.3) is 0 Å². The second-order valence-corrected chi connectivity index (χ2v) is 3.10. The molecule has 66 valence electrons.